The summed E-state index contributed by atoms with van der Waals surface area (Å²) in [7, 11) is 0. The molecule has 5 rings (SSSR count). The largest absolute Gasteiger partial charge is 0.367 e. The van der Waals surface area contributed by atoms with Crippen molar-refractivity contribution in [1.82, 2.24) is 0 Å². The lowest BCUT2D eigenvalue weighted by molar-refractivity contribution is 0.427. The average Bonchev–Trinajstić information content (AvgIpc) is 3.17. The molecule has 1 saturated carbocycles. The maximum absolute atomic E-state index is 2.76. The van der Waals surface area contributed by atoms with Gasteiger partial charge in [-0.15, -0.1) is 0 Å². The molecule has 0 bridgehead atoms. The van der Waals surface area contributed by atoms with E-state index in [1.165, 1.54) is 23.2 Å². The number of benzene rings is 2. The molecule has 0 amide bonds. The first-order valence-electron chi connectivity index (χ1n) is 10.5. The molecule has 0 saturated heterocycles. The minimum atomic E-state index is 0.624. The van der Waals surface area contributed by atoms with Crippen LogP contribution in [0.2, 0.25) is 0 Å². The number of hydrogen-bond acceptors (Lipinski definition) is 1. The van der Waals surface area contributed by atoms with E-state index in [0.29, 0.717) is 29.7 Å². The molecule has 2 aliphatic carbocycles. The highest BCUT2D eigenvalue weighted by atomic mass is 15.2. The number of anilines is 1. The van der Waals surface area contributed by atoms with E-state index in [1.807, 2.05) is 0 Å². The topological polar surface area (TPSA) is 3.24 Å². The molecule has 1 fully saturated rings. The first-order chi connectivity index (χ1) is 13.2. The standard InChI is InChI=1S/C26H29N/c1-18-14-15-24-23(17-18)25-19(2)21-12-6-7-13-22(21)26(25)27(24)16-8-11-20-9-4-3-5-10-20/h3-7,9-10,12-15,17,19,21-22,25-26H,8,11,16H2,1-2H3. The summed E-state index contributed by atoms with van der Waals surface area (Å²) in [6, 6.07) is 18.7. The van der Waals surface area contributed by atoms with E-state index in [-0.39, 0.29) is 0 Å². The normalized spacial score (nSPS) is 30.3. The molecule has 1 heteroatoms. The van der Waals surface area contributed by atoms with Gasteiger partial charge in [-0.05, 0) is 48.8 Å². The Kier molecular flexibility index (Phi) is 4.19. The van der Waals surface area contributed by atoms with Crippen molar-refractivity contribution in [2.75, 3.05) is 11.4 Å². The molecule has 0 radical (unpaired) electrons. The van der Waals surface area contributed by atoms with Crippen molar-refractivity contribution in [3.63, 3.8) is 0 Å². The van der Waals surface area contributed by atoms with Crippen molar-refractivity contribution in [1.29, 1.82) is 0 Å². The van der Waals surface area contributed by atoms with Gasteiger partial charge in [-0.1, -0.05) is 79.3 Å². The maximum Gasteiger partial charge on any atom is 0.0430 e. The molecule has 2 aromatic rings. The van der Waals surface area contributed by atoms with Gasteiger partial charge in [-0.2, -0.15) is 0 Å². The Labute approximate surface area is 163 Å². The zero-order valence-corrected chi connectivity index (χ0v) is 16.4. The lowest BCUT2D eigenvalue weighted by atomic mass is 9.83. The lowest BCUT2D eigenvalue weighted by Gasteiger charge is -2.32. The number of rotatable bonds is 4. The Morgan fingerprint density at radius 1 is 0.926 bits per heavy atom. The molecule has 1 heterocycles. The van der Waals surface area contributed by atoms with Gasteiger partial charge < -0.3 is 4.90 Å². The first-order valence-corrected chi connectivity index (χ1v) is 10.5. The van der Waals surface area contributed by atoms with Crippen LogP contribution in [0.1, 0.15) is 36.0 Å². The molecule has 0 aromatic heterocycles. The number of hydrogen-bond donors (Lipinski definition) is 0. The highest BCUT2D eigenvalue weighted by Gasteiger charge is 2.53. The molecule has 5 atom stereocenters. The Hall–Kier alpha value is -2.28. The quantitative estimate of drug-likeness (QED) is 0.659. The van der Waals surface area contributed by atoms with Gasteiger partial charge in [-0.3, -0.25) is 0 Å². The van der Waals surface area contributed by atoms with Crippen molar-refractivity contribution in [3.8, 4) is 0 Å². The van der Waals surface area contributed by atoms with Crippen molar-refractivity contribution in [2.24, 2.45) is 17.8 Å². The fourth-order valence-corrected chi connectivity index (χ4v) is 5.90. The average molecular weight is 356 g/mol. The molecule has 2 aromatic carbocycles. The van der Waals surface area contributed by atoms with Gasteiger partial charge in [0.2, 0.25) is 0 Å². The molecular weight excluding hydrogens is 326 g/mol. The van der Waals surface area contributed by atoms with Crippen LogP contribution in [-0.2, 0) is 6.42 Å². The predicted molar refractivity (Wildman–Crippen MR) is 114 cm³/mol. The summed E-state index contributed by atoms with van der Waals surface area (Å²) in [5.74, 6) is 2.72. The van der Waals surface area contributed by atoms with Crippen molar-refractivity contribution in [3.05, 3.63) is 89.5 Å². The lowest BCUT2D eigenvalue weighted by Crippen LogP contribution is -2.38. The molecule has 138 valence electrons. The molecule has 5 unspecified atom stereocenters. The zero-order chi connectivity index (χ0) is 18.4. The molecular formula is C26H29N. The Morgan fingerprint density at radius 3 is 2.52 bits per heavy atom. The third-order valence-corrected chi connectivity index (χ3v) is 7.08. The second-order valence-corrected chi connectivity index (χ2v) is 8.64. The summed E-state index contributed by atoms with van der Waals surface area (Å²) in [4.78, 5) is 2.76. The van der Waals surface area contributed by atoms with Crippen molar-refractivity contribution in [2.45, 2.75) is 38.6 Å². The summed E-state index contributed by atoms with van der Waals surface area (Å²) in [5, 5.41) is 0. The Morgan fingerprint density at radius 2 is 1.70 bits per heavy atom. The molecule has 3 aliphatic rings. The van der Waals surface area contributed by atoms with Crippen LogP contribution in [0.25, 0.3) is 0 Å². The predicted octanol–water partition coefficient (Wildman–Crippen LogP) is 5.91. The van der Waals surface area contributed by atoms with E-state index in [4.69, 9.17) is 0 Å². The molecule has 1 aliphatic heterocycles. The number of allylic oxidation sites excluding steroid dienone is 3. The first kappa shape index (κ1) is 16.9. The second-order valence-electron chi connectivity index (χ2n) is 8.64. The molecule has 0 spiro atoms. The van der Waals surface area contributed by atoms with Gasteiger partial charge in [0.05, 0.1) is 0 Å². The smallest absolute Gasteiger partial charge is 0.0430 e. The monoisotopic (exact) mass is 355 g/mol. The van der Waals surface area contributed by atoms with Crippen molar-refractivity contribution >= 4 is 5.69 Å². The Bertz CT molecular complexity index is 878. The summed E-state index contributed by atoms with van der Waals surface area (Å²) in [6.07, 6.45) is 11.9. The van der Waals surface area contributed by atoms with Gasteiger partial charge in [0.15, 0.2) is 0 Å². The summed E-state index contributed by atoms with van der Waals surface area (Å²) in [5.41, 5.74) is 5.95. The maximum atomic E-state index is 2.76. The van der Waals surface area contributed by atoms with Crippen LogP contribution in [0.15, 0.2) is 72.8 Å². The summed E-state index contributed by atoms with van der Waals surface area (Å²) >= 11 is 0. The van der Waals surface area contributed by atoms with E-state index in [1.54, 1.807) is 5.56 Å². The van der Waals surface area contributed by atoms with Gasteiger partial charge >= 0.3 is 0 Å². The van der Waals surface area contributed by atoms with E-state index < -0.39 is 0 Å². The molecule has 27 heavy (non-hydrogen) atoms. The summed E-state index contributed by atoms with van der Waals surface area (Å²) in [6.45, 7) is 5.87. The fraction of sp³-hybridized carbons (Fsp3) is 0.385. The van der Waals surface area contributed by atoms with E-state index in [9.17, 15) is 0 Å². The van der Waals surface area contributed by atoms with Crippen LogP contribution < -0.4 is 4.90 Å². The molecule has 0 N–H and O–H groups in total. The number of aryl methyl sites for hydroxylation is 2. The third-order valence-electron chi connectivity index (χ3n) is 7.08. The van der Waals surface area contributed by atoms with E-state index in [0.717, 1.165) is 13.0 Å². The van der Waals surface area contributed by atoms with Gasteiger partial charge in [0, 0.05) is 30.1 Å². The van der Waals surface area contributed by atoms with Gasteiger partial charge in [0.1, 0.15) is 0 Å². The van der Waals surface area contributed by atoms with Crippen LogP contribution in [0.3, 0.4) is 0 Å². The van der Waals surface area contributed by atoms with Crippen LogP contribution in [-0.4, -0.2) is 12.6 Å². The van der Waals surface area contributed by atoms with Crippen LogP contribution in [0, 0.1) is 24.7 Å². The van der Waals surface area contributed by atoms with E-state index >= 15 is 0 Å². The van der Waals surface area contributed by atoms with Crippen molar-refractivity contribution < 1.29 is 0 Å². The Balaban J connectivity index is 1.44. The minimum absolute atomic E-state index is 0.624. The number of fused-ring (bicyclic) bond motifs is 5. The second kappa shape index (κ2) is 6.71. The van der Waals surface area contributed by atoms with Crippen LogP contribution >= 0.6 is 0 Å². The highest BCUT2D eigenvalue weighted by molar-refractivity contribution is 5.65. The van der Waals surface area contributed by atoms with Crippen LogP contribution in [0.4, 0.5) is 5.69 Å². The summed E-state index contributed by atoms with van der Waals surface area (Å²) < 4.78 is 0. The molecule has 1 nitrogen and oxygen atoms in total. The van der Waals surface area contributed by atoms with Crippen LogP contribution in [0.5, 0.6) is 0 Å². The minimum Gasteiger partial charge on any atom is -0.367 e. The van der Waals surface area contributed by atoms with Gasteiger partial charge in [-0.25, -0.2) is 0 Å². The highest BCUT2D eigenvalue weighted by Crippen LogP contribution is 2.58. The third kappa shape index (κ3) is 2.76. The number of nitrogens with zero attached hydrogens (tertiary/aromatic N) is 1. The fourth-order valence-electron chi connectivity index (χ4n) is 5.90. The van der Waals surface area contributed by atoms with E-state index in [2.05, 4.69) is 91.6 Å². The SMILES string of the molecule is Cc1ccc2c(c1)C1C(C)C3C=CC=CC3C1N2CCCc1ccccc1. The zero-order valence-electron chi connectivity index (χ0n) is 16.4. The van der Waals surface area contributed by atoms with Gasteiger partial charge in [0.25, 0.3) is 0 Å².